The maximum absolute atomic E-state index is 11.3. The average molecular weight is 247 g/mol. The van der Waals surface area contributed by atoms with Crippen LogP contribution in [0.3, 0.4) is 0 Å². The van der Waals surface area contributed by atoms with Crippen molar-refractivity contribution in [2.24, 2.45) is 0 Å². The van der Waals surface area contributed by atoms with Gasteiger partial charge in [0, 0.05) is 17.4 Å². The Morgan fingerprint density at radius 2 is 2.17 bits per heavy atom. The molecule has 18 heavy (non-hydrogen) atoms. The molecule has 96 valence electrons. The Morgan fingerprint density at radius 1 is 1.39 bits per heavy atom. The standard InChI is InChI=1S/C14H17NO3/c1-3-4-7-15-12-6-5-11(18-2)8-10(12)9-13(15)14(16)17/h5-6,8-9H,3-4,7H2,1-2H3,(H,16,17). The number of nitrogens with zero attached hydrogens (tertiary/aromatic N) is 1. The van der Waals surface area contributed by atoms with Crippen LogP contribution in [0.15, 0.2) is 24.3 Å². The number of aryl methyl sites for hydroxylation is 1. The van der Waals surface area contributed by atoms with Crippen molar-refractivity contribution in [2.75, 3.05) is 7.11 Å². The van der Waals surface area contributed by atoms with E-state index in [0.717, 1.165) is 36.0 Å². The molecule has 0 amide bonds. The molecule has 0 aliphatic heterocycles. The number of ether oxygens (including phenoxy) is 1. The Labute approximate surface area is 106 Å². The average Bonchev–Trinajstić information content (AvgIpc) is 2.74. The number of fused-ring (bicyclic) bond motifs is 1. The smallest absolute Gasteiger partial charge is 0.352 e. The Kier molecular flexibility index (Phi) is 3.55. The molecule has 1 N–H and O–H groups in total. The lowest BCUT2D eigenvalue weighted by Gasteiger charge is -2.07. The van der Waals surface area contributed by atoms with E-state index in [9.17, 15) is 9.90 Å². The third kappa shape index (κ3) is 2.18. The summed E-state index contributed by atoms with van der Waals surface area (Å²) in [5, 5.41) is 10.1. The summed E-state index contributed by atoms with van der Waals surface area (Å²) < 4.78 is 7.02. The Balaban J connectivity index is 2.56. The minimum Gasteiger partial charge on any atom is -0.497 e. The van der Waals surface area contributed by atoms with Crippen LogP contribution in [0.5, 0.6) is 5.75 Å². The molecule has 0 spiro atoms. The van der Waals surface area contributed by atoms with Gasteiger partial charge in [-0.15, -0.1) is 0 Å². The van der Waals surface area contributed by atoms with E-state index < -0.39 is 5.97 Å². The van der Waals surface area contributed by atoms with Gasteiger partial charge >= 0.3 is 5.97 Å². The highest BCUT2D eigenvalue weighted by Gasteiger charge is 2.14. The van der Waals surface area contributed by atoms with E-state index >= 15 is 0 Å². The number of methoxy groups -OCH3 is 1. The fourth-order valence-corrected chi connectivity index (χ4v) is 2.11. The number of hydrogen-bond donors (Lipinski definition) is 1. The van der Waals surface area contributed by atoms with Crippen LogP contribution in [0.2, 0.25) is 0 Å². The summed E-state index contributed by atoms with van der Waals surface area (Å²) in [6, 6.07) is 7.34. The lowest BCUT2D eigenvalue weighted by atomic mass is 10.2. The van der Waals surface area contributed by atoms with Crippen molar-refractivity contribution in [3.05, 3.63) is 30.0 Å². The molecule has 0 unspecified atom stereocenters. The molecule has 0 atom stereocenters. The predicted molar refractivity (Wildman–Crippen MR) is 70.4 cm³/mol. The summed E-state index contributed by atoms with van der Waals surface area (Å²) in [5.41, 5.74) is 1.29. The minimum absolute atomic E-state index is 0.340. The molecule has 0 saturated heterocycles. The molecule has 4 heteroatoms. The van der Waals surface area contributed by atoms with Gasteiger partial charge in [-0.25, -0.2) is 4.79 Å². The van der Waals surface area contributed by atoms with E-state index in [4.69, 9.17) is 4.74 Å². The molecule has 1 heterocycles. The lowest BCUT2D eigenvalue weighted by Crippen LogP contribution is -2.08. The van der Waals surface area contributed by atoms with Crippen LogP contribution in [-0.2, 0) is 6.54 Å². The molecule has 0 aliphatic carbocycles. The van der Waals surface area contributed by atoms with Crippen LogP contribution >= 0.6 is 0 Å². The van der Waals surface area contributed by atoms with Gasteiger partial charge in [-0.2, -0.15) is 0 Å². The number of carbonyl (C=O) groups is 1. The van der Waals surface area contributed by atoms with E-state index in [-0.39, 0.29) is 0 Å². The molecule has 0 aliphatic rings. The van der Waals surface area contributed by atoms with Gasteiger partial charge in [-0.3, -0.25) is 0 Å². The van der Waals surface area contributed by atoms with E-state index in [1.165, 1.54) is 0 Å². The zero-order valence-corrected chi connectivity index (χ0v) is 10.6. The summed E-state index contributed by atoms with van der Waals surface area (Å²) in [6.07, 6.45) is 2.00. The van der Waals surface area contributed by atoms with Crippen LogP contribution < -0.4 is 4.74 Å². The van der Waals surface area contributed by atoms with Crippen LogP contribution in [0.25, 0.3) is 10.9 Å². The van der Waals surface area contributed by atoms with Gasteiger partial charge in [0.05, 0.1) is 7.11 Å². The maximum atomic E-state index is 11.3. The van der Waals surface area contributed by atoms with Crippen molar-refractivity contribution < 1.29 is 14.6 Å². The second-order valence-electron chi connectivity index (χ2n) is 4.26. The first-order valence-corrected chi connectivity index (χ1v) is 6.08. The molecular weight excluding hydrogens is 230 g/mol. The number of aromatic nitrogens is 1. The number of rotatable bonds is 5. The lowest BCUT2D eigenvalue weighted by molar-refractivity contribution is 0.0685. The van der Waals surface area contributed by atoms with Crippen molar-refractivity contribution in [2.45, 2.75) is 26.3 Å². The summed E-state index contributed by atoms with van der Waals surface area (Å²) in [4.78, 5) is 11.3. The topological polar surface area (TPSA) is 51.5 Å². The zero-order chi connectivity index (χ0) is 13.1. The van der Waals surface area contributed by atoms with Gasteiger partial charge in [-0.05, 0) is 30.7 Å². The van der Waals surface area contributed by atoms with E-state index in [1.54, 1.807) is 13.2 Å². The van der Waals surface area contributed by atoms with Crippen molar-refractivity contribution >= 4 is 16.9 Å². The summed E-state index contributed by atoms with van der Waals surface area (Å²) in [6.45, 7) is 2.82. The van der Waals surface area contributed by atoms with Crippen LogP contribution in [0, 0.1) is 0 Å². The fourth-order valence-electron chi connectivity index (χ4n) is 2.11. The number of hydrogen-bond acceptors (Lipinski definition) is 2. The van der Waals surface area contributed by atoms with Crippen molar-refractivity contribution in [3.8, 4) is 5.75 Å². The second kappa shape index (κ2) is 5.12. The zero-order valence-electron chi connectivity index (χ0n) is 10.6. The van der Waals surface area contributed by atoms with Crippen molar-refractivity contribution in [3.63, 3.8) is 0 Å². The van der Waals surface area contributed by atoms with Crippen molar-refractivity contribution in [1.29, 1.82) is 0 Å². The van der Waals surface area contributed by atoms with E-state index in [1.807, 2.05) is 22.8 Å². The van der Waals surface area contributed by atoms with Gasteiger partial charge in [0.1, 0.15) is 11.4 Å². The molecule has 0 saturated carbocycles. The first-order valence-electron chi connectivity index (χ1n) is 6.08. The first-order chi connectivity index (χ1) is 8.67. The highest BCUT2D eigenvalue weighted by atomic mass is 16.5. The molecule has 1 aromatic carbocycles. The highest BCUT2D eigenvalue weighted by Crippen LogP contribution is 2.25. The Morgan fingerprint density at radius 3 is 2.78 bits per heavy atom. The quantitative estimate of drug-likeness (QED) is 0.883. The van der Waals surface area contributed by atoms with Crippen LogP contribution in [0.4, 0.5) is 0 Å². The third-order valence-corrected chi connectivity index (χ3v) is 3.06. The van der Waals surface area contributed by atoms with E-state index in [2.05, 4.69) is 6.92 Å². The molecule has 2 aromatic rings. The SMILES string of the molecule is CCCCn1c(C(=O)O)cc2cc(OC)ccc21. The molecule has 2 rings (SSSR count). The first kappa shape index (κ1) is 12.5. The van der Waals surface area contributed by atoms with Gasteiger partial charge in [0.15, 0.2) is 0 Å². The molecule has 0 fully saturated rings. The Hall–Kier alpha value is -1.97. The number of aromatic carboxylic acids is 1. The third-order valence-electron chi connectivity index (χ3n) is 3.06. The van der Waals surface area contributed by atoms with Gasteiger partial charge in [0.25, 0.3) is 0 Å². The molecular formula is C14H17NO3. The Bertz CT molecular complexity index is 572. The van der Waals surface area contributed by atoms with Crippen LogP contribution in [0.1, 0.15) is 30.3 Å². The number of carboxylic acids is 1. The van der Waals surface area contributed by atoms with Gasteiger partial charge in [0.2, 0.25) is 0 Å². The van der Waals surface area contributed by atoms with Gasteiger partial charge in [-0.1, -0.05) is 13.3 Å². The second-order valence-corrected chi connectivity index (χ2v) is 4.26. The summed E-state index contributed by atoms with van der Waals surface area (Å²) in [5.74, 6) is -0.145. The fraction of sp³-hybridized carbons (Fsp3) is 0.357. The minimum atomic E-state index is -0.888. The summed E-state index contributed by atoms with van der Waals surface area (Å²) >= 11 is 0. The molecule has 0 radical (unpaired) electrons. The molecule has 0 bridgehead atoms. The van der Waals surface area contributed by atoms with Crippen LogP contribution in [-0.4, -0.2) is 22.8 Å². The summed E-state index contributed by atoms with van der Waals surface area (Å²) in [7, 11) is 1.60. The molecule has 1 aromatic heterocycles. The predicted octanol–water partition coefficient (Wildman–Crippen LogP) is 3.15. The normalized spacial score (nSPS) is 10.8. The monoisotopic (exact) mass is 247 g/mol. The number of unbranched alkanes of at least 4 members (excludes halogenated alkanes) is 1. The largest absolute Gasteiger partial charge is 0.497 e. The highest BCUT2D eigenvalue weighted by molar-refractivity contribution is 5.95. The maximum Gasteiger partial charge on any atom is 0.352 e. The van der Waals surface area contributed by atoms with E-state index in [0.29, 0.717) is 5.69 Å². The molecule has 4 nitrogen and oxygen atoms in total. The number of benzene rings is 1. The number of carboxylic acid groups (broad SMARTS) is 1. The van der Waals surface area contributed by atoms with Gasteiger partial charge < -0.3 is 14.4 Å². The van der Waals surface area contributed by atoms with Crippen molar-refractivity contribution in [1.82, 2.24) is 4.57 Å².